The topological polar surface area (TPSA) is 101 Å². The quantitative estimate of drug-likeness (QED) is 0.486. The second-order valence-electron chi connectivity index (χ2n) is 6.64. The van der Waals surface area contributed by atoms with E-state index in [-0.39, 0.29) is 34.9 Å². The zero-order valence-corrected chi connectivity index (χ0v) is 18.0. The molecule has 3 aromatic rings. The molecule has 2 aromatic carbocycles. The number of aryl methyl sites for hydroxylation is 1. The fourth-order valence-electron chi connectivity index (χ4n) is 2.87. The van der Waals surface area contributed by atoms with E-state index in [1.807, 2.05) is 11.6 Å². The minimum atomic E-state index is -3.13. The second kappa shape index (κ2) is 10.4. The number of anilines is 1. The van der Waals surface area contributed by atoms with E-state index in [0.717, 1.165) is 25.1 Å². The van der Waals surface area contributed by atoms with Gasteiger partial charge in [0.1, 0.15) is 18.2 Å². The van der Waals surface area contributed by atoms with Gasteiger partial charge in [-0.05, 0) is 24.3 Å². The van der Waals surface area contributed by atoms with Crippen LogP contribution in [-0.2, 0) is 18.4 Å². The number of hydrogen-bond acceptors (Lipinski definition) is 7. The van der Waals surface area contributed by atoms with E-state index in [0.29, 0.717) is 5.75 Å². The van der Waals surface area contributed by atoms with Crippen molar-refractivity contribution in [3.05, 3.63) is 65.7 Å². The van der Waals surface area contributed by atoms with Crippen LogP contribution in [-0.4, -0.2) is 42.3 Å². The number of amides is 1. The van der Waals surface area contributed by atoms with Crippen LogP contribution in [0.25, 0.3) is 0 Å². The lowest BCUT2D eigenvalue weighted by molar-refractivity contribution is -0.0511. The molecule has 174 valence electrons. The summed E-state index contributed by atoms with van der Waals surface area (Å²) in [4.78, 5) is 29.0. The molecular weight excluding hydrogens is 440 g/mol. The number of carbonyl (C=O) groups excluding carboxylic acids is 2. The standard InChI is InChI=1S/C22H21F2N3O6/c1-27-9-8-25-19(27)12-32-14-6-4-13(5-7-14)20(28)26-16-11-18(33-22(23)24)17(30-2)10-15(16)21(29)31-3/h4-11,22H,12H2,1-3H3,(H,26,28). The van der Waals surface area contributed by atoms with Crippen LogP contribution in [0.1, 0.15) is 26.5 Å². The number of nitrogens with zero attached hydrogens (tertiary/aromatic N) is 2. The van der Waals surface area contributed by atoms with Gasteiger partial charge in [-0.2, -0.15) is 8.78 Å². The third-order valence-corrected chi connectivity index (χ3v) is 4.58. The maximum Gasteiger partial charge on any atom is 0.387 e. The lowest BCUT2D eigenvalue weighted by Gasteiger charge is -2.15. The zero-order chi connectivity index (χ0) is 24.0. The Balaban J connectivity index is 1.79. The first-order valence-electron chi connectivity index (χ1n) is 9.58. The molecule has 1 heterocycles. The van der Waals surface area contributed by atoms with Crippen LogP contribution in [0.5, 0.6) is 17.2 Å². The highest BCUT2D eigenvalue weighted by Crippen LogP contribution is 2.35. The summed E-state index contributed by atoms with van der Waals surface area (Å²) in [5, 5.41) is 2.51. The van der Waals surface area contributed by atoms with E-state index >= 15 is 0 Å². The Kier molecular flexibility index (Phi) is 7.44. The van der Waals surface area contributed by atoms with E-state index in [2.05, 4.69) is 15.0 Å². The molecule has 3 rings (SSSR count). The molecule has 9 nitrogen and oxygen atoms in total. The fraction of sp³-hybridized carbons (Fsp3) is 0.227. The molecule has 0 aliphatic carbocycles. The van der Waals surface area contributed by atoms with E-state index in [4.69, 9.17) is 14.2 Å². The van der Waals surface area contributed by atoms with E-state index in [9.17, 15) is 18.4 Å². The lowest BCUT2D eigenvalue weighted by atomic mass is 10.1. The Hall–Kier alpha value is -4.15. The number of halogens is 2. The fourth-order valence-corrected chi connectivity index (χ4v) is 2.87. The number of benzene rings is 2. The van der Waals surface area contributed by atoms with Crippen LogP contribution in [0, 0.1) is 0 Å². The van der Waals surface area contributed by atoms with Gasteiger partial charge in [0, 0.05) is 37.1 Å². The minimum absolute atomic E-state index is 0.0848. The summed E-state index contributed by atoms with van der Waals surface area (Å²) in [7, 11) is 4.22. The van der Waals surface area contributed by atoms with Crippen LogP contribution < -0.4 is 19.5 Å². The SMILES string of the molecule is COC(=O)c1cc(OC)c(OC(F)F)cc1NC(=O)c1ccc(OCc2nccn2C)cc1. The maximum absolute atomic E-state index is 12.8. The van der Waals surface area contributed by atoms with Gasteiger partial charge >= 0.3 is 12.6 Å². The smallest absolute Gasteiger partial charge is 0.387 e. The van der Waals surface area contributed by atoms with Crippen molar-refractivity contribution in [2.45, 2.75) is 13.2 Å². The molecule has 1 aromatic heterocycles. The van der Waals surface area contributed by atoms with Gasteiger partial charge in [0.25, 0.3) is 5.91 Å². The second-order valence-corrected chi connectivity index (χ2v) is 6.64. The van der Waals surface area contributed by atoms with Gasteiger partial charge in [-0.3, -0.25) is 4.79 Å². The number of alkyl halides is 2. The predicted octanol–water partition coefficient (Wildman–Crippen LogP) is 3.65. The summed E-state index contributed by atoms with van der Waals surface area (Å²) >= 11 is 0. The molecular formula is C22H21F2N3O6. The Morgan fingerprint density at radius 3 is 2.42 bits per heavy atom. The molecule has 33 heavy (non-hydrogen) atoms. The van der Waals surface area contributed by atoms with Gasteiger partial charge in [-0.1, -0.05) is 0 Å². The number of ether oxygens (including phenoxy) is 4. The number of methoxy groups -OCH3 is 2. The van der Waals surface area contributed by atoms with Crippen molar-refractivity contribution in [1.29, 1.82) is 0 Å². The van der Waals surface area contributed by atoms with E-state index in [1.54, 1.807) is 24.5 Å². The summed E-state index contributed by atoms with van der Waals surface area (Å²) in [6, 6.07) is 8.44. The summed E-state index contributed by atoms with van der Waals surface area (Å²) in [5.74, 6) is -0.624. The van der Waals surface area contributed by atoms with Gasteiger partial charge in [0.2, 0.25) is 0 Å². The summed E-state index contributed by atoms with van der Waals surface area (Å²) in [6.45, 7) is -2.89. The predicted molar refractivity (Wildman–Crippen MR) is 113 cm³/mol. The van der Waals surface area contributed by atoms with Crippen molar-refractivity contribution in [2.24, 2.45) is 7.05 Å². The number of esters is 1. The largest absolute Gasteiger partial charge is 0.493 e. The van der Waals surface area contributed by atoms with Crippen molar-refractivity contribution in [3.8, 4) is 17.2 Å². The van der Waals surface area contributed by atoms with Gasteiger partial charge in [0.05, 0.1) is 25.5 Å². The first-order chi connectivity index (χ1) is 15.8. The van der Waals surface area contributed by atoms with Crippen LogP contribution in [0.4, 0.5) is 14.5 Å². The summed E-state index contributed by atoms with van der Waals surface area (Å²) in [6.07, 6.45) is 3.46. The summed E-state index contributed by atoms with van der Waals surface area (Å²) in [5.41, 5.74) is 0.0556. The molecule has 0 bridgehead atoms. The highest BCUT2D eigenvalue weighted by molar-refractivity contribution is 6.08. The molecule has 1 N–H and O–H groups in total. The molecule has 0 aliphatic heterocycles. The number of carbonyl (C=O) groups is 2. The van der Waals surface area contributed by atoms with Gasteiger partial charge in [-0.15, -0.1) is 0 Å². The molecule has 0 aliphatic rings. The van der Waals surface area contributed by atoms with Gasteiger partial charge in [0.15, 0.2) is 11.5 Å². The number of rotatable bonds is 9. The van der Waals surface area contributed by atoms with Crippen molar-refractivity contribution >= 4 is 17.6 Å². The Morgan fingerprint density at radius 2 is 1.85 bits per heavy atom. The Labute approximate surface area is 187 Å². The summed E-state index contributed by atoms with van der Waals surface area (Å²) < 4.78 is 47.1. The molecule has 0 atom stereocenters. The highest BCUT2D eigenvalue weighted by atomic mass is 19.3. The van der Waals surface area contributed by atoms with Gasteiger partial charge < -0.3 is 28.8 Å². The van der Waals surface area contributed by atoms with Crippen LogP contribution in [0.3, 0.4) is 0 Å². The van der Waals surface area contributed by atoms with Crippen LogP contribution in [0.15, 0.2) is 48.8 Å². The number of imidazole rings is 1. The minimum Gasteiger partial charge on any atom is -0.493 e. The molecule has 0 saturated carbocycles. The van der Waals surface area contributed by atoms with E-state index < -0.39 is 18.5 Å². The maximum atomic E-state index is 12.8. The molecule has 1 amide bonds. The van der Waals surface area contributed by atoms with Crippen molar-refractivity contribution in [1.82, 2.24) is 9.55 Å². The average Bonchev–Trinajstić information content (AvgIpc) is 3.21. The zero-order valence-electron chi connectivity index (χ0n) is 18.0. The molecule has 0 spiro atoms. The molecule has 0 unspecified atom stereocenters. The first kappa shape index (κ1) is 23.5. The van der Waals surface area contributed by atoms with Crippen molar-refractivity contribution in [3.63, 3.8) is 0 Å². The Morgan fingerprint density at radius 1 is 1.12 bits per heavy atom. The molecule has 11 heteroatoms. The Bertz CT molecular complexity index is 1130. The number of aromatic nitrogens is 2. The number of hydrogen-bond donors (Lipinski definition) is 1. The van der Waals surface area contributed by atoms with Crippen molar-refractivity contribution < 1.29 is 37.3 Å². The molecule has 0 saturated heterocycles. The van der Waals surface area contributed by atoms with E-state index in [1.165, 1.54) is 19.2 Å². The van der Waals surface area contributed by atoms with Crippen LogP contribution in [0.2, 0.25) is 0 Å². The first-order valence-corrected chi connectivity index (χ1v) is 9.58. The third kappa shape index (κ3) is 5.76. The molecule has 0 radical (unpaired) electrons. The average molecular weight is 461 g/mol. The lowest BCUT2D eigenvalue weighted by Crippen LogP contribution is -2.16. The van der Waals surface area contributed by atoms with Gasteiger partial charge in [-0.25, -0.2) is 9.78 Å². The van der Waals surface area contributed by atoms with Crippen LogP contribution >= 0.6 is 0 Å². The normalized spacial score (nSPS) is 10.6. The highest BCUT2D eigenvalue weighted by Gasteiger charge is 2.21. The number of nitrogens with one attached hydrogen (secondary N) is 1. The van der Waals surface area contributed by atoms with Crippen molar-refractivity contribution in [2.75, 3.05) is 19.5 Å². The molecule has 0 fully saturated rings. The third-order valence-electron chi connectivity index (χ3n) is 4.58. The monoisotopic (exact) mass is 461 g/mol.